The van der Waals surface area contributed by atoms with Crippen molar-refractivity contribution in [1.29, 1.82) is 0 Å². The molecule has 0 saturated carbocycles. The smallest absolute Gasteiger partial charge is 0.248 e. The van der Waals surface area contributed by atoms with E-state index in [1.54, 1.807) is 12.4 Å². The Morgan fingerprint density at radius 1 is 1.11 bits per heavy atom. The van der Waals surface area contributed by atoms with E-state index in [2.05, 4.69) is 24.9 Å². The van der Waals surface area contributed by atoms with Crippen molar-refractivity contribution in [3.8, 4) is 11.1 Å². The van der Waals surface area contributed by atoms with Gasteiger partial charge in [0.25, 0.3) is 0 Å². The van der Waals surface area contributed by atoms with E-state index >= 15 is 0 Å². The van der Waals surface area contributed by atoms with Crippen molar-refractivity contribution in [1.82, 2.24) is 4.98 Å². The fraction of sp³-hybridized carbons (Fsp3) is 0.200. The Hall–Kier alpha value is -2.16. The zero-order valence-corrected chi connectivity index (χ0v) is 10.6. The summed E-state index contributed by atoms with van der Waals surface area (Å²) in [6.07, 6.45) is 3.47. The summed E-state index contributed by atoms with van der Waals surface area (Å²) >= 11 is 0. The molecule has 1 aromatic heterocycles. The zero-order valence-electron chi connectivity index (χ0n) is 10.6. The van der Waals surface area contributed by atoms with E-state index in [1.807, 2.05) is 24.3 Å². The number of hydrogen-bond acceptors (Lipinski definition) is 2. The second kappa shape index (κ2) is 5.00. The number of amides is 1. The highest BCUT2D eigenvalue weighted by Crippen LogP contribution is 2.25. The summed E-state index contributed by atoms with van der Waals surface area (Å²) in [6, 6.07) is 9.61. The van der Waals surface area contributed by atoms with Gasteiger partial charge in [0.05, 0.1) is 0 Å². The van der Waals surface area contributed by atoms with Gasteiger partial charge >= 0.3 is 0 Å². The van der Waals surface area contributed by atoms with Gasteiger partial charge in [-0.3, -0.25) is 9.78 Å². The Kier molecular flexibility index (Phi) is 3.42. The van der Waals surface area contributed by atoms with Crippen molar-refractivity contribution in [2.75, 3.05) is 0 Å². The highest BCUT2D eigenvalue weighted by Gasteiger charge is 2.09. The largest absolute Gasteiger partial charge is 0.366 e. The van der Waals surface area contributed by atoms with Crippen LogP contribution in [0.15, 0.2) is 42.7 Å². The zero-order chi connectivity index (χ0) is 13.1. The lowest BCUT2D eigenvalue weighted by Gasteiger charge is -2.11. The molecule has 2 aromatic rings. The maximum absolute atomic E-state index is 11.4. The first kappa shape index (κ1) is 12.3. The third-order valence-corrected chi connectivity index (χ3v) is 2.92. The molecule has 18 heavy (non-hydrogen) atoms. The van der Waals surface area contributed by atoms with Gasteiger partial charge in [0.15, 0.2) is 0 Å². The first-order valence-corrected chi connectivity index (χ1v) is 5.93. The third-order valence-electron chi connectivity index (χ3n) is 2.92. The molecule has 0 aliphatic heterocycles. The van der Waals surface area contributed by atoms with Crippen LogP contribution < -0.4 is 5.73 Å². The average molecular weight is 240 g/mol. The second-order valence-corrected chi connectivity index (χ2v) is 4.60. The van der Waals surface area contributed by atoms with Crippen molar-refractivity contribution in [2.45, 2.75) is 19.8 Å². The van der Waals surface area contributed by atoms with Crippen molar-refractivity contribution < 1.29 is 4.79 Å². The minimum atomic E-state index is -0.396. The molecule has 2 N–H and O–H groups in total. The Balaban J connectivity index is 2.57. The molecule has 1 aromatic carbocycles. The van der Waals surface area contributed by atoms with Crippen LogP contribution in [0.4, 0.5) is 0 Å². The highest BCUT2D eigenvalue weighted by molar-refractivity contribution is 5.94. The molecule has 0 radical (unpaired) electrons. The Labute approximate surface area is 107 Å². The van der Waals surface area contributed by atoms with Gasteiger partial charge in [0.2, 0.25) is 5.91 Å². The van der Waals surface area contributed by atoms with Gasteiger partial charge < -0.3 is 5.73 Å². The number of hydrogen-bond donors (Lipinski definition) is 1. The molecule has 0 fully saturated rings. The molecule has 0 bridgehead atoms. The van der Waals surface area contributed by atoms with Crippen LogP contribution in [0.1, 0.15) is 35.7 Å². The van der Waals surface area contributed by atoms with Crippen molar-refractivity contribution in [3.05, 3.63) is 53.9 Å². The summed E-state index contributed by atoms with van der Waals surface area (Å²) in [6.45, 7) is 4.19. The molecule has 0 aliphatic carbocycles. The van der Waals surface area contributed by atoms with Gasteiger partial charge in [-0.15, -0.1) is 0 Å². The Morgan fingerprint density at radius 2 is 1.78 bits per heavy atom. The molecular formula is C15H16N2O. The number of carbonyl (C=O) groups excluding carboxylic acids is 1. The molecule has 2 rings (SSSR count). The van der Waals surface area contributed by atoms with Crippen LogP contribution in [0.5, 0.6) is 0 Å². The number of nitrogens with two attached hydrogens (primary N) is 1. The number of aromatic nitrogens is 1. The minimum Gasteiger partial charge on any atom is -0.366 e. The van der Waals surface area contributed by atoms with Gasteiger partial charge in [-0.05, 0) is 46.9 Å². The third kappa shape index (κ3) is 2.56. The second-order valence-electron chi connectivity index (χ2n) is 4.60. The molecule has 0 unspecified atom stereocenters. The summed E-state index contributed by atoms with van der Waals surface area (Å²) in [4.78, 5) is 15.4. The molecule has 3 heteroatoms. The van der Waals surface area contributed by atoms with E-state index in [1.165, 1.54) is 0 Å². The summed E-state index contributed by atoms with van der Waals surface area (Å²) in [5, 5.41) is 0. The monoisotopic (exact) mass is 240 g/mol. The molecule has 1 amide bonds. The van der Waals surface area contributed by atoms with Gasteiger partial charge in [0.1, 0.15) is 0 Å². The summed E-state index contributed by atoms with van der Waals surface area (Å²) in [7, 11) is 0. The SMILES string of the molecule is CC(C)c1cc(C(N)=O)cc(-c2ccncc2)c1. The van der Waals surface area contributed by atoms with E-state index in [0.29, 0.717) is 11.5 Å². The molecule has 92 valence electrons. The quantitative estimate of drug-likeness (QED) is 0.896. The molecule has 1 heterocycles. The van der Waals surface area contributed by atoms with E-state index in [9.17, 15) is 4.79 Å². The topological polar surface area (TPSA) is 56.0 Å². The van der Waals surface area contributed by atoms with Gasteiger partial charge in [-0.25, -0.2) is 0 Å². The number of benzene rings is 1. The summed E-state index contributed by atoms with van der Waals surface area (Å²) < 4.78 is 0. The van der Waals surface area contributed by atoms with Gasteiger partial charge in [0, 0.05) is 18.0 Å². The fourth-order valence-electron chi connectivity index (χ4n) is 1.84. The van der Waals surface area contributed by atoms with Crippen molar-refractivity contribution in [2.24, 2.45) is 5.73 Å². The molecule has 0 saturated heterocycles. The lowest BCUT2D eigenvalue weighted by molar-refractivity contribution is 0.1000. The van der Waals surface area contributed by atoms with E-state index in [0.717, 1.165) is 16.7 Å². The fourth-order valence-corrected chi connectivity index (χ4v) is 1.84. The summed E-state index contributed by atoms with van der Waals surface area (Å²) in [5.41, 5.74) is 9.07. The number of carbonyl (C=O) groups is 1. The predicted octanol–water partition coefficient (Wildman–Crippen LogP) is 2.97. The van der Waals surface area contributed by atoms with Crippen LogP contribution in [-0.4, -0.2) is 10.9 Å². The Morgan fingerprint density at radius 3 is 2.33 bits per heavy atom. The molecule has 0 atom stereocenters. The van der Waals surface area contributed by atoms with E-state index < -0.39 is 5.91 Å². The molecular weight excluding hydrogens is 224 g/mol. The maximum Gasteiger partial charge on any atom is 0.248 e. The Bertz CT molecular complexity index is 562. The first-order valence-electron chi connectivity index (χ1n) is 5.93. The maximum atomic E-state index is 11.4. The summed E-state index contributed by atoms with van der Waals surface area (Å²) in [5.74, 6) is -0.0438. The lowest BCUT2D eigenvalue weighted by Crippen LogP contribution is -2.11. The number of primary amides is 1. The number of nitrogens with zero attached hydrogens (tertiary/aromatic N) is 1. The van der Waals surface area contributed by atoms with Crippen molar-refractivity contribution >= 4 is 5.91 Å². The van der Waals surface area contributed by atoms with Crippen LogP contribution in [0.3, 0.4) is 0 Å². The lowest BCUT2D eigenvalue weighted by atomic mass is 9.95. The first-order chi connectivity index (χ1) is 8.58. The minimum absolute atomic E-state index is 0.352. The number of pyridine rings is 1. The number of rotatable bonds is 3. The highest BCUT2D eigenvalue weighted by atomic mass is 16.1. The molecule has 0 aliphatic rings. The van der Waals surface area contributed by atoms with Gasteiger partial charge in [-0.1, -0.05) is 19.9 Å². The van der Waals surface area contributed by atoms with Crippen LogP contribution >= 0.6 is 0 Å². The molecule has 0 spiro atoms. The van der Waals surface area contributed by atoms with Crippen LogP contribution in [-0.2, 0) is 0 Å². The molecule has 3 nitrogen and oxygen atoms in total. The normalized spacial score (nSPS) is 10.6. The van der Waals surface area contributed by atoms with Gasteiger partial charge in [-0.2, -0.15) is 0 Å². The van der Waals surface area contributed by atoms with Crippen LogP contribution in [0.25, 0.3) is 11.1 Å². The van der Waals surface area contributed by atoms with Crippen molar-refractivity contribution in [3.63, 3.8) is 0 Å². The van der Waals surface area contributed by atoms with Crippen LogP contribution in [0, 0.1) is 0 Å². The van der Waals surface area contributed by atoms with E-state index in [4.69, 9.17) is 5.73 Å². The standard InChI is InChI=1S/C15H16N2O/c1-10(2)12-7-13(9-14(8-12)15(16)18)11-3-5-17-6-4-11/h3-10H,1-2H3,(H2,16,18). The average Bonchev–Trinajstić information content (AvgIpc) is 2.39. The van der Waals surface area contributed by atoms with E-state index in [-0.39, 0.29) is 0 Å². The predicted molar refractivity (Wildman–Crippen MR) is 72.3 cm³/mol. The van der Waals surface area contributed by atoms with Crippen LogP contribution in [0.2, 0.25) is 0 Å².